The molecule has 0 saturated heterocycles. The summed E-state index contributed by atoms with van der Waals surface area (Å²) in [6.45, 7) is 8.61. The Morgan fingerprint density at radius 1 is 0.917 bits per heavy atom. The van der Waals surface area contributed by atoms with E-state index in [-0.39, 0.29) is 0 Å². The molecule has 0 aromatic rings. The molecule has 78 valence electrons. The van der Waals surface area contributed by atoms with Crippen molar-refractivity contribution in [3.63, 3.8) is 0 Å². The minimum atomic E-state index is -4.67. The van der Waals surface area contributed by atoms with Gasteiger partial charge >= 0.3 is 10.4 Å². The summed E-state index contributed by atoms with van der Waals surface area (Å²) >= 11 is 0. The Bertz CT molecular complexity index is 129. The molecule has 0 fully saturated rings. The van der Waals surface area contributed by atoms with Crippen molar-refractivity contribution < 1.29 is 17.5 Å². The summed E-state index contributed by atoms with van der Waals surface area (Å²) < 4.78 is 31.6. The fourth-order valence-corrected chi connectivity index (χ4v) is 0. The standard InChI is InChI=1S/C4H10.C3H8.H2O4S/c1-3-4-2;1-3-2;1-5(2,3)4/h3-4H2,1-2H3;3H2,1-2H3;(H2,1,2,3,4). The van der Waals surface area contributed by atoms with Gasteiger partial charge in [-0.25, -0.2) is 0 Å². The lowest BCUT2D eigenvalue weighted by Gasteiger charge is -1.68. The molecule has 5 heteroatoms. The molecule has 0 saturated carbocycles. The Kier molecular flexibility index (Phi) is 20.0. The topological polar surface area (TPSA) is 74.6 Å². The third-order valence-electron chi connectivity index (χ3n) is 0.500. The molecule has 4 nitrogen and oxygen atoms in total. The Hall–Kier alpha value is -0.130. The summed E-state index contributed by atoms with van der Waals surface area (Å²) in [6.07, 6.45) is 3.89. The van der Waals surface area contributed by atoms with Crippen LogP contribution in [0.2, 0.25) is 0 Å². The van der Waals surface area contributed by atoms with Crippen molar-refractivity contribution in [1.82, 2.24) is 0 Å². The Balaban J connectivity index is -0.000000105. The highest BCUT2D eigenvalue weighted by molar-refractivity contribution is 7.79. The third kappa shape index (κ3) is 1030. The lowest BCUT2D eigenvalue weighted by molar-refractivity contribution is 0.381. The summed E-state index contributed by atoms with van der Waals surface area (Å²) in [5, 5.41) is 0. The first-order valence-electron chi connectivity index (χ1n) is 4.03. The van der Waals surface area contributed by atoms with Crippen molar-refractivity contribution >= 4 is 10.4 Å². The van der Waals surface area contributed by atoms with Gasteiger partial charge in [-0.2, -0.15) is 8.42 Å². The van der Waals surface area contributed by atoms with Crippen LogP contribution in [0, 0.1) is 0 Å². The van der Waals surface area contributed by atoms with E-state index in [0.717, 1.165) is 0 Å². The second-order valence-electron chi connectivity index (χ2n) is 2.15. The fraction of sp³-hybridized carbons (Fsp3) is 1.00. The van der Waals surface area contributed by atoms with Gasteiger partial charge < -0.3 is 0 Å². The van der Waals surface area contributed by atoms with Crippen LogP contribution < -0.4 is 0 Å². The van der Waals surface area contributed by atoms with E-state index in [1.165, 1.54) is 19.3 Å². The molecule has 0 aliphatic rings. The second-order valence-corrected chi connectivity index (χ2v) is 3.05. The minimum absolute atomic E-state index is 1.25. The van der Waals surface area contributed by atoms with Crippen molar-refractivity contribution in [2.45, 2.75) is 47.0 Å². The molecule has 0 unspecified atom stereocenters. The van der Waals surface area contributed by atoms with Gasteiger partial charge in [0.05, 0.1) is 0 Å². The monoisotopic (exact) mass is 200 g/mol. The van der Waals surface area contributed by atoms with E-state index < -0.39 is 10.4 Å². The molecule has 0 aliphatic carbocycles. The van der Waals surface area contributed by atoms with Crippen LogP contribution in [0.5, 0.6) is 0 Å². The molecule has 0 spiro atoms. The zero-order valence-electron chi connectivity index (χ0n) is 8.24. The maximum Gasteiger partial charge on any atom is 0.394 e. The predicted molar refractivity (Wildman–Crippen MR) is 50.7 cm³/mol. The highest BCUT2D eigenvalue weighted by Gasteiger charge is 1.84. The van der Waals surface area contributed by atoms with Crippen molar-refractivity contribution in [2.24, 2.45) is 0 Å². The van der Waals surface area contributed by atoms with Gasteiger partial charge in [-0.3, -0.25) is 9.11 Å². The highest BCUT2D eigenvalue weighted by atomic mass is 32.3. The summed E-state index contributed by atoms with van der Waals surface area (Å²) in [6, 6.07) is 0. The summed E-state index contributed by atoms with van der Waals surface area (Å²) in [5.41, 5.74) is 0. The number of hydrogen-bond donors (Lipinski definition) is 2. The second kappa shape index (κ2) is 13.5. The summed E-state index contributed by atoms with van der Waals surface area (Å²) in [7, 11) is -4.67. The molecule has 0 aromatic heterocycles. The van der Waals surface area contributed by atoms with Crippen LogP contribution in [-0.4, -0.2) is 17.5 Å². The van der Waals surface area contributed by atoms with Crippen LogP contribution in [0.15, 0.2) is 0 Å². The van der Waals surface area contributed by atoms with E-state index in [1.54, 1.807) is 0 Å². The van der Waals surface area contributed by atoms with E-state index in [9.17, 15) is 0 Å². The minimum Gasteiger partial charge on any atom is -0.264 e. The molecule has 0 heterocycles. The molecule has 12 heavy (non-hydrogen) atoms. The maximum atomic E-state index is 8.74. The largest absolute Gasteiger partial charge is 0.394 e. The Labute approximate surface area is 75.6 Å². The van der Waals surface area contributed by atoms with E-state index in [1.807, 2.05) is 0 Å². The third-order valence-corrected chi connectivity index (χ3v) is 0.500. The first-order valence-corrected chi connectivity index (χ1v) is 5.42. The average molecular weight is 200 g/mol. The van der Waals surface area contributed by atoms with Gasteiger partial charge in [0, 0.05) is 0 Å². The average Bonchev–Trinajstić information content (AvgIpc) is 1.85. The molecule has 0 rings (SSSR count). The van der Waals surface area contributed by atoms with Gasteiger partial charge in [-0.1, -0.05) is 47.0 Å². The van der Waals surface area contributed by atoms with E-state index in [2.05, 4.69) is 27.7 Å². The molecular formula is C7H20O4S. The van der Waals surface area contributed by atoms with Gasteiger partial charge in [0.1, 0.15) is 0 Å². The predicted octanol–water partition coefficient (Wildman–Crippen LogP) is 2.57. The van der Waals surface area contributed by atoms with Crippen molar-refractivity contribution in [3.8, 4) is 0 Å². The van der Waals surface area contributed by atoms with Crippen LogP contribution in [0.3, 0.4) is 0 Å². The van der Waals surface area contributed by atoms with Crippen molar-refractivity contribution in [2.75, 3.05) is 0 Å². The number of unbranched alkanes of at least 4 members (excludes halogenated alkanes) is 1. The molecule has 0 aliphatic heterocycles. The zero-order chi connectivity index (χ0) is 10.6. The summed E-state index contributed by atoms with van der Waals surface area (Å²) in [5.74, 6) is 0. The smallest absolute Gasteiger partial charge is 0.264 e. The molecule has 0 atom stereocenters. The Morgan fingerprint density at radius 2 is 1.00 bits per heavy atom. The molecular weight excluding hydrogens is 180 g/mol. The summed E-state index contributed by atoms with van der Waals surface area (Å²) in [4.78, 5) is 0. The Morgan fingerprint density at radius 3 is 1.00 bits per heavy atom. The SMILES string of the molecule is CCC.CCCC.O=S(=O)(O)O. The van der Waals surface area contributed by atoms with Gasteiger partial charge in [0.2, 0.25) is 0 Å². The van der Waals surface area contributed by atoms with Crippen LogP contribution in [0.25, 0.3) is 0 Å². The quantitative estimate of drug-likeness (QED) is 0.638. The number of rotatable bonds is 1. The van der Waals surface area contributed by atoms with Gasteiger partial charge in [-0.05, 0) is 0 Å². The molecule has 0 aromatic carbocycles. The first-order chi connectivity index (χ1) is 5.33. The van der Waals surface area contributed by atoms with E-state index in [4.69, 9.17) is 17.5 Å². The van der Waals surface area contributed by atoms with Crippen LogP contribution in [-0.2, 0) is 10.4 Å². The van der Waals surface area contributed by atoms with Gasteiger partial charge in [-0.15, -0.1) is 0 Å². The van der Waals surface area contributed by atoms with Crippen LogP contribution in [0.1, 0.15) is 47.0 Å². The molecule has 2 N–H and O–H groups in total. The van der Waals surface area contributed by atoms with Crippen molar-refractivity contribution in [3.05, 3.63) is 0 Å². The van der Waals surface area contributed by atoms with Gasteiger partial charge in [0.15, 0.2) is 0 Å². The lowest BCUT2D eigenvalue weighted by Crippen LogP contribution is -1.89. The highest BCUT2D eigenvalue weighted by Crippen LogP contribution is 1.76. The first kappa shape index (κ1) is 17.8. The van der Waals surface area contributed by atoms with Crippen molar-refractivity contribution in [1.29, 1.82) is 0 Å². The molecule has 0 bridgehead atoms. The fourth-order valence-electron chi connectivity index (χ4n) is 0. The lowest BCUT2D eigenvalue weighted by atomic mass is 10.4. The van der Waals surface area contributed by atoms with E-state index in [0.29, 0.717) is 0 Å². The van der Waals surface area contributed by atoms with Crippen LogP contribution >= 0.6 is 0 Å². The van der Waals surface area contributed by atoms with Crippen LogP contribution in [0.4, 0.5) is 0 Å². The normalized spacial score (nSPS) is 8.83. The maximum absolute atomic E-state index is 8.74. The molecule has 0 radical (unpaired) electrons. The zero-order valence-corrected chi connectivity index (χ0v) is 9.06. The number of hydrogen-bond acceptors (Lipinski definition) is 2. The van der Waals surface area contributed by atoms with Gasteiger partial charge in [0.25, 0.3) is 0 Å². The van der Waals surface area contributed by atoms with E-state index >= 15 is 0 Å². The molecule has 0 amide bonds.